The van der Waals surface area contributed by atoms with Gasteiger partial charge in [-0.25, -0.2) is 31.7 Å². The highest BCUT2D eigenvalue weighted by molar-refractivity contribution is 7.91. The van der Waals surface area contributed by atoms with Crippen molar-refractivity contribution in [1.29, 1.82) is 0 Å². The molecular formula is C15H18N4O4S3. The van der Waals surface area contributed by atoms with Gasteiger partial charge in [0, 0.05) is 18.0 Å². The number of hydrogen-bond donors (Lipinski definition) is 2. The maximum Gasteiger partial charge on any atom is 0.247 e. The molecule has 0 spiro atoms. The molecule has 0 radical (unpaired) electrons. The summed E-state index contributed by atoms with van der Waals surface area (Å²) in [6.07, 6.45) is 2.02. The van der Waals surface area contributed by atoms with Crippen LogP contribution in [0.25, 0.3) is 11.0 Å². The predicted octanol–water partition coefficient (Wildman–Crippen LogP) is 0.907. The van der Waals surface area contributed by atoms with E-state index in [0.717, 1.165) is 27.2 Å². The molecule has 0 aliphatic rings. The molecule has 0 saturated carbocycles. The summed E-state index contributed by atoms with van der Waals surface area (Å²) in [6.45, 7) is 0.488. The number of sulfonamides is 2. The third-order valence-corrected chi connectivity index (χ3v) is 7.69. The maximum atomic E-state index is 12.2. The van der Waals surface area contributed by atoms with E-state index in [1.807, 2.05) is 24.3 Å². The number of primary sulfonamides is 1. The highest BCUT2D eigenvalue weighted by atomic mass is 32.2. The van der Waals surface area contributed by atoms with Crippen molar-refractivity contribution < 1.29 is 16.8 Å². The summed E-state index contributed by atoms with van der Waals surface area (Å²) >= 11 is 1.04. The molecule has 2 aromatic heterocycles. The van der Waals surface area contributed by atoms with Crippen LogP contribution in [0.15, 0.2) is 46.9 Å². The third-order valence-electron chi connectivity index (χ3n) is 3.74. The molecule has 140 valence electrons. The Balaban J connectivity index is 1.53. The Morgan fingerprint density at radius 2 is 1.88 bits per heavy atom. The van der Waals surface area contributed by atoms with E-state index < -0.39 is 20.0 Å². The summed E-state index contributed by atoms with van der Waals surface area (Å²) in [7, 11) is -7.17. The minimum Gasteiger partial charge on any atom is -0.330 e. The number of para-hydroxylation sites is 2. The number of hydrogen-bond acceptors (Lipinski definition) is 6. The number of fused-ring (bicyclic) bond motifs is 1. The standard InChI is InChI=1S/C15H18N4O4S3/c16-26(22,23)15-6-5-12(24-15)7-8-18-25(20,21)10-9-19-11-17-13-3-1-2-4-14(13)19/h1-6,11,18H,7-10H2,(H2,16,22,23). The van der Waals surface area contributed by atoms with E-state index in [0.29, 0.717) is 13.0 Å². The van der Waals surface area contributed by atoms with Crippen molar-refractivity contribution >= 4 is 42.4 Å². The third kappa shape index (κ3) is 4.68. The molecule has 0 atom stereocenters. The molecular weight excluding hydrogens is 396 g/mol. The molecule has 0 aliphatic carbocycles. The lowest BCUT2D eigenvalue weighted by Crippen LogP contribution is -2.29. The first-order valence-electron chi connectivity index (χ1n) is 7.73. The summed E-state index contributed by atoms with van der Waals surface area (Å²) in [6, 6.07) is 10.6. The molecule has 0 aliphatic heterocycles. The van der Waals surface area contributed by atoms with E-state index in [4.69, 9.17) is 5.14 Å². The fourth-order valence-corrected chi connectivity index (χ4v) is 5.23. The number of rotatable bonds is 8. The second-order valence-corrected chi connectivity index (χ2v) is 10.5. The number of aryl methyl sites for hydroxylation is 1. The Kier molecular flexibility index (Phi) is 5.44. The lowest BCUT2D eigenvalue weighted by molar-refractivity contribution is 0.575. The molecule has 1 aromatic carbocycles. The van der Waals surface area contributed by atoms with Crippen LogP contribution in [0.2, 0.25) is 0 Å². The van der Waals surface area contributed by atoms with Gasteiger partial charge < -0.3 is 4.57 Å². The second-order valence-electron chi connectivity index (χ2n) is 5.66. The largest absolute Gasteiger partial charge is 0.330 e. The van der Waals surface area contributed by atoms with Gasteiger partial charge in [0.15, 0.2) is 0 Å². The van der Waals surface area contributed by atoms with Gasteiger partial charge in [-0.2, -0.15) is 0 Å². The lowest BCUT2D eigenvalue weighted by Gasteiger charge is -2.07. The van der Waals surface area contributed by atoms with Crippen LogP contribution in [0, 0.1) is 0 Å². The quantitative estimate of drug-likeness (QED) is 0.567. The van der Waals surface area contributed by atoms with Crippen LogP contribution >= 0.6 is 11.3 Å². The molecule has 0 fully saturated rings. The zero-order chi connectivity index (χ0) is 18.8. The van der Waals surface area contributed by atoms with Gasteiger partial charge >= 0.3 is 0 Å². The SMILES string of the molecule is NS(=O)(=O)c1ccc(CCNS(=O)(=O)CCn2cnc3ccccc32)s1. The minimum atomic E-state index is -3.72. The van der Waals surface area contributed by atoms with E-state index >= 15 is 0 Å². The van der Waals surface area contributed by atoms with E-state index in [1.165, 1.54) is 6.07 Å². The van der Waals surface area contributed by atoms with Crippen molar-refractivity contribution in [2.45, 2.75) is 17.2 Å². The zero-order valence-electron chi connectivity index (χ0n) is 13.7. The second kappa shape index (κ2) is 7.45. The van der Waals surface area contributed by atoms with E-state index in [1.54, 1.807) is 17.0 Å². The van der Waals surface area contributed by atoms with Gasteiger partial charge in [0.05, 0.1) is 23.1 Å². The Bertz CT molecular complexity index is 1120. The summed E-state index contributed by atoms with van der Waals surface area (Å²) in [4.78, 5) is 4.98. The van der Waals surface area contributed by atoms with Crippen molar-refractivity contribution in [2.75, 3.05) is 12.3 Å². The highest BCUT2D eigenvalue weighted by Gasteiger charge is 2.13. The average molecular weight is 415 g/mol. The Morgan fingerprint density at radius 1 is 1.12 bits per heavy atom. The van der Waals surface area contributed by atoms with Gasteiger partial charge in [-0.3, -0.25) is 0 Å². The fourth-order valence-electron chi connectivity index (χ4n) is 2.45. The van der Waals surface area contributed by atoms with Crippen molar-refractivity contribution in [1.82, 2.24) is 14.3 Å². The van der Waals surface area contributed by atoms with Gasteiger partial charge in [-0.1, -0.05) is 12.1 Å². The average Bonchev–Trinajstić information content (AvgIpc) is 3.19. The Labute approximate surface area is 155 Å². The molecule has 3 rings (SSSR count). The first-order valence-corrected chi connectivity index (χ1v) is 11.7. The van der Waals surface area contributed by atoms with Crippen molar-refractivity contribution in [3.63, 3.8) is 0 Å². The maximum absolute atomic E-state index is 12.2. The molecule has 3 aromatic rings. The predicted molar refractivity (Wildman–Crippen MR) is 101 cm³/mol. The Morgan fingerprint density at radius 3 is 2.62 bits per heavy atom. The first-order chi connectivity index (χ1) is 12.2. The Hall–Kier alpha value is -1.79. The van der Waals surface area contributed by atoms with Crippen molar-refractivity contribution in [3.05, 3.63) is 47.6 Å². The number of nitrogens with two attached hydrogens (primary N) is 1. The van der Waals surface area contributed by atoms with E-state index in [9.17, 15) is 16.8 Å². The summed E-state index contributed by atoms with van der Waals surface area (Å²) in [5.41, 5.74) is 1.71. The van der Waals surface area contributed by atoms with Crippen LogP contribution < -0.4 is 9.86 Å². The van der Waals surface area contributed by atoms with Crippen LogP contribution in [-0.2, 0) is 33.0 Å². The fraction of sp³-hybridized carbons (Fsp3) is 0.267. The first kappa shape index (κ1) is 19.0. The highest BCUT2D eigenvalue weighted by Crippen LogP contribution is 2.20. The molecule has 2 heterocycles. The molecule has 0 saturated heterocycles. The van der Waals surface area contributed by atoms with Gasteiger partial charge in [0.25, 0.3) is 0 Å². The molecule has 26 heavy (non-hydrogen) atoms. The van der Waals surface area contributed by atoms with Crippen LogP contribution in [0.5, 0.6) is 0 Å². The van der Waals surface area contributed by atoms with Crippen LogP contribution in [0.4, 0.5) is 0 Å². The van der Waals surface area contributed by atoms with E-state index in [-0.39, 0.29) is 16.5 Å². The van der Waals surface area contributed by atoms with Crippen LogP contribution in [0.1, 0.15) is 4.88 Å². The van der Waals surface area contributed by atoms with Gasteiger partial charge in [0.2, 0.25) is 20.0 Å². The van der Waals surface area contributed by atoms with Gasteiger partial charge in [-0.05, 0) is 30.7 Å². The van der Waals surface area contributed by atoms with Crippen LogP contribution in [0.3, 0.4) is 0 Å². The number of aromatic nitrogens is 2. The molecule has 8 nitrogen and oxygen atoms in total. The molecule has 0 bridgehead atoms. The molecule has 0 unspecified atom stereocenters. The number of thiophene rings is 1. The smallest absolute Gasteiger partial charge is 0.247 e. The summed E-state index contributed by atoms with van der Waals surface area (Å²) in [5, 5.41) is 5.06. The van der Waals surface area contributed by atoms with Crippen molar-refractivity contribution in [3.8, 4) is 0 Å². The van der Waals surface area contributed by atoms with E-state index in [2.05, 4.69) is 9.71 Å². The number of imidazole rings is 1. The van der Waals surface area contributed by atoms with Gasteiger partial charge in [-0.15, -0.1) is 11.3 Å². The van der Waals surface area contributed by atoms with Gasteiger partial charge in [0.1, 0.15) is 4.21 Å². The lowest BCUT2D eigenvalue weighted by atomic mass is 10.3. The summed E-state index contributed by atoms with van der Waals surface area (Å²) < 4.78 is 51.2. The zero-order valence-corrected chi connectivity index (χ0v) is 16.1. The number of nitrogens with one attached hydrogen (secondary N) is 1. The van der Waals surface area contributed by atoms with Crippen LogP contribution in [-0.4, -0.2) is 38.7 Å². The number of nitrogens with zero attached hydrogens (tertiary/aromatic N) is 2. The number of benzene rings is 1. The normalized spacial score (nSPS) is 12.7. The summed E-state index contributed by atoms with van der Waals surface area (Å²) in [5.74, 6) is -0.0692. The monoisotopic (exact) mass is 414 g/mol. The minimum absolute atomic E-state index is 0.0692. The van der Waals surface area contributed by atoms with Crippen molar-refractivity contribution in [2.24, 2.45) is 5.14 Å². The molecule has 11 heteroatoms. The topological polar surface area (TPSA) is 124 Å². The molecule has 3 N–H and O–H groups in total. The molecule has 0 amide bonds.